The van der Waals surface area contributed by atoms with Crippen LogP contribution >= 0.6 is 0 Å². The molecule has 0 aliphatic carbocycles. The monoisotopic (exact) mass is 195 g/mol. The zero-order valence-electron chi connectivity index (χ0n) is 8.56. The zero-order chi connectivity index (χ0) is 9.97. The van der Waals surface area contributed by atoms with Crippen LogP contribution in [-0.4, -0.2) is 38.8 Å². The topological polar surface area (TPSA) is 60.0 Å². The minimum absolute atomic E-state index is 0.534. The third-order valence-corrected chi connectivity index (χ3v) is 2.92. The SMILES string of the molecule is Cn1ncnc1CN1CCCC1CN. The molecule has 1 unspecified atom stereocenters. The van der Waals surface area contributed by atoms with Crippen molar-refractivity contribution in [2.45, 2.75) is 25.4 Å². The van der Waals surface area contributed by atoms with E-state index in [1.54, 1.807) is 6.33 Å². The van der Waals surface area contributed by atoms with Crippen LogP contribution in [0.5, 0.6) is 0 Å². The van der Waals surface area contributed by atoms with Crippen LogP contribution in [0.25, 0.3) is 0 Å². The first-order valence-corrected chi connectivity index (χ1v) is 5.08. The third-order valence-electron chi connectivity index (χ3n) is 2.92. The van der Waals surface area contributed by atoms with Gasteiger partial charge in [0.2, 0.25) is 0 Å². The molecule has 5 heteroatoms. The molecule has 0 amide bonds. The predicted octanol–water partition coefficient (Wildman–Crippen LogP) is -0.262. The van der Waals surface area contributed by atoms with Gasteiger partial charge in [0.1, 0.15) is 12.2 Å². The van der Waals surface area contributed by atoms with Crippen molar-refractivity contribution in [3.63, 3.8) is 0 Å². The summed E-state index contributed by atoms with van der Waals surface area (Å²) in [6.07, 6.45) is 4.07. The Morgan fingerprint density at radius 2 is 2.50 bits per heavy atom. The average molecular weight is 195 g/mol. The predicted molar refractivity (Wildman–Crippen MR) is 53.5 cm³/mol. The lowest BCUT2D eigenvalue weighted by Gasteiger charge is -2.22. The molecule has 14 heavy (non-hydrogen) atoms. The van der Waals surface area contributed by atoms with Crippen molar-refractivity contribution in [2.24, 2.45) is 12.8 Å². The lowest BCUT2D eigenvalue weighted by atomic mass is 10.2. The van der Waals surface area contributed by atoms with E-state index in [1.165, 1.54) is 12.8 Å². The van der Waals surface area contributed by atoms with E-state index in [0.29, 0.717) is 6.04 Å². The van der Waals surface area contributed by atoms with Crippen molar-refractivity contribution in [1.82, 2.24) is 19.7 Å². The first-order chi connectivity index (χ1) is 6.81. The Labute approximate surface area is 83.9 Å². The molecule has 78 valence electrons. The van der Waals surface area contributed by atoms with Crippen molar-refractivity contribution in [2.75, 3.05) is 13.1 Å². The summed E-state index contributed by atoms with van der Waals surface area (Å²) in [5.41, 5.74) is 5.71. The van der Waals surface area contributed by atoms with Crippen LogP contribution in [0.4, 0.5) is 0 Å². The van der Waals surface area contributed by atoms with Crippen molar-refractivity contribution >= 4 is 0 Å². The van der Waals surface area contributed by atoms with E-state index < -0.39 is 0 Å². The molecule has 1 atom stereocenters. The highest BCUT2D eigenvalue weighted by molar-refractivity contribution is 4.88. The van der Waals surface area contributed by atoms with Gasteiger partial charge in [0.15, 0.2) is 0 Å². The van der Waals surface area contributed by atoms with Gasteiger partial charge < -0.3 is 5.73 Å². The highest BCUT2D eigenvalue weighted by Crippen LogP contribution is 2.17. The number of aromatic nitrogens is 3. The maximum absolute atomic E-state index is 5.71. The first kappa shape index (κ1) is 9.61. The summed E-state index contributed by atoms with van der Waals surface area (Å²) in [4.78, 5) is 6.61. The fraction of sp³-hybridized carbons (Fsp3) is 0.778. The van der Waals surface area contributed by atoms with E-state index in [9.17, 15) is 0 Å². The molecule has 0 saturated carbocycles. The fourth-order valence-electron chi connectivity index (χ4n) is 2.02. The normalized spacial score (nSPS) is 23.1. The van der Waals surface area contributed by atoms with Crippen molar-refractivity contribution in [1.29, 1.82) is 0 Å². The van der Waals surface area contributed by atoms with Gasteiger partial charge in [-0.05, 0) is 19.4 Å². The van der Waals surface area contributed by atoms with E-state index >= 15 is 0 Å². The van der Waals surface area contributed by atoms with Crippen LogP contribution in [0.3, 0.4) is 0 Å². The van der Waals surface area contributed by atoms with E-state index in [-0.39, 0.29) is 0 Å². The summed E-state index contributed by atoms with van der Waals surface area (Å²) in [7, 11) is 1.93. The Balaban J connectivity index is 2.00. The quantitative estimate of drug-likeness (QED) is 0.722. The lowest BCUT2D eigenvalue weighted by molar-refractivity contribution is 0.241. The van der Waals surface area contributed by atoms with Gasteiger partial charge in [-0.2, -0.15) is 5.10 Å². The van der Waals surface area contributed by atoms with Gasteiger partial charge in [-0.15, -0.1) is 0 Å². The molecule has 1 aliphatic rings. The number of nitrogens with zero attached hydrogens (tertiary/aromatic N) is 4. The Morgan fingerprint density at radius 3 is 3.14 bits per heavy atom. The summed E-state index contributed by atoms with van der Waals surface area (Å²) in [6.45, 7) is 2.75. The van der Waals surface area contributed by atoms with E-state index in [0.717, 1.165) is 25.5 Å². The highest BCUT2D eigenvalue weighted by Gasteiger charge is 2.23. The largest absolute Gasteiger partial charge is 0.329 e. The molecular formula is C9H17N5. The summed E-state index contributed by atoms with van der Waals surface area (Å²) >= 11 is 0. The molecule has 0 bridgehead atoms. The number of nitrogens with two attached hydrogens (primary N) is 1. The Morgan fingerprint density at radius 1 is 1.64 bits per heavy atom. The second-order valence-corrected chi connectivity index (χ2v) is 3.80. The maximum atomic E-state index is 5.71. The van der Waals surface area contributed by atoms with Crippen LogP contribution < -0.4 is 5.73 Å². The van der Waals surface area contributed by atoms with Crippen molar-refractivity contribution in [3.8, 4) is 0 Å². The zero-order valence-corrected chi connectivity index (χ0v) is 8.56. The van der Waals surface area contributed by atoms with Crippen molar-refractivity contribution in [3.05, 3.63) is 12.2 Å². The van der Waals surface area contributed by atoms with Gasteiger partial charge in [0.05, 0.1) is 6.54 Å². The smallest absolute Gasteiger partial charge is 0.140 e. The molecule has 1 aromatic rings. The van der Waals surface area contributed by atoms with Crippen molar-refractivity contribution < 1.29 is 0 Å². The average Bonchev–Trinajstić information content (AvgIpc) is 2.77. The molecule has 1 saturated heterocycles. The van der Waals surface area contributed by atoms with Crippen LogP contribution in [0.15, 0.2) is 6.33 Å². The molecule has 2 heterocycles. The summed E-state index contributed by atoms with van der Waals surface area (Å²) in [5, 5.41) is 4.06. The molecule has 1 aliphatic heterocycles. The van der Waals surface area contributed by atoms with Crippen LogP contribution in [-0.2, 0) is 13.6 Å². The number of hydrogen-bond acceptors (Lipinski definition) is 4. The molecule has 0 spiro atoms. The molecule has 1 aromatic heterocycles. The molecule has 1 fully saturated rings. The number of aryl methyl sites for hydroxylation is 1. The Kier molecular flexibility index (Phi) is 2.79. The Hall–Kier alpha value is -0.940. The molecule has 0 radical (unpaired) electrons. The second-order valence-electron chi connectivity index (χ2n) is 3.80. The van der Waals surface area contributed by atoms with Crippen LogP contribution in [0.1, 0.15) is 18.7 Å². The molecule has 2 N–H and O–H groups in total. The molecule has 0 aromatic carbocycles. The maximum Gasteiger partial charge on any atom is 0.140 e. The minimum atomic E-state index is 0.534. The standard InChI is InChI=1S/C9H17N5/c1-13-9(11-7-12-13)6-14-4-2-3-8(14)5-10/h7-8H,2-6,10H2,1H3. The minimum Gasteiger partial charge on any atom is -0.329 e. The van der Waals surface area contributed by atoms with E-state index in [4.69, 9.17) is 5.73 Å². The number of likely N-dealkylation sites (tertiary alicyclic amines) is 1. The highest BCUT2D eigenvalue weighted by atomic mass is 15.3. The third kappa shape index (κ3) is 1.78. The molecule has 2 rings (SSSR count). The van der Waals surface area contributed by atoms with Crippen LogP contribution in [0.2, 0.25) is 0 Å². The van der Waals surface area contributed by atoms with Gasteiger partial charge in [-0.1, -0.05) is 0 Å². The van der Waals surface area contributed by atoms with Gasteiger partial charge in [0.25, 0.3) is 0 Å². The van der Waals surface area contributed by atoms with Gasteiger partial charge >= 0.3 is 0 Å². The van der Waals surface area contributed by atoms with E-state index in [2.05, 4.69) is 15.0 Å². The Bertz CT molecular complexity index is 295. The van der Waals surface area contributed by atoms with Crippen LogP contribution in [0, 0.1) is 0 Å². The first-order valence-electron chi connectivity index (χ1n) is 5.08. The summed E-state index contributed by atoms with van der Waals surface area (Å²) in [6, 6.07) is 0.534. The lowest BCUT2D eigenvalue weighted by Crippen LogP contribution is -2.35. The van der Waals surface area contributed by atoms with Gasteiger partial charge in [0, 0.05) is 19.6 Å². The summed E-state index contributed by atoms with van der Waals surface area (Å²) < 4.78 is 1.83. The van der Waals surface area contributed by atoms with Gasteiger partial charge in [-0.3, -0.25) is 9.58 Å². The molecular weight excluding hydrogens is 178 g/mol. The van der Waals surface area contributed by atoms with Gasteiger partial charge in [-0.25, -0.2) is 4.98 Å². The molecule has 5 nitrogen and oxygen atoms in total. The number of rotatable bonds is 3. The second kappa shape index (κ2) is 4.06. The summed E-state index contributed by atoms with van der Waals surface area (Å²) in [5.74, 6) is 1.02. The van der Waals surface area contributed by atoms with E-state index in [1.807, 2.05) is 11.7 Å². The fourth-order valence-corrected chi connectivity index (χ4v) is 2.02. The number of hydrogen-bond donors (Lipinski definition) is 1.